The van der Waals surface area contributed by atoms with Crippen LogP contribution in [-0.2, 0) is 11.3 Å². The zero-order valence-corrected chi connectivity index (χ0v) is 16.7. The van der Waals surface area contributed by atoms with Crippen LogP contribution in [0.15, 0.2) is 59.0 Å². The SMILES string of the molecule is C=CCn1c(SCC(=O)Nc2ccc(Cl)cc2F)nc2cc(Cl)ccc2c1=O. The van der Waals surface area contributed by atoms with Crippen LogP contribution in [0.2, 0.25) is 10.0 Å². The molecule has 0 aliphatic carbocycles. The molecule has 1 aromatic heterocycles. The molecule has 0 radical (unpaired) electrons. The van der Waals surface area contributed by atoms with Crippen molar-refractivity contribution in [3.8, 4) is 0 Å². The fourth-order valence-electron chi connectivity index (χ4n) is 2.48. The molecule has 1 N–H and O–H groups in total. The third-order valence-corrected chi connectivity index (χ3v) is 5.18. The maximum atomic E-state index is 13.8. The Morgan fingerprint density at radius 2 is 1.96 bits per heavy atom. The normalized spacial score (nSPS) is 10.8. The highest BCUT2D eigenvalue weighted by Crippen LogP contribution is 2.22. The molecule has 0 saturated heterocycles. The summed E-state index contributed by atoms with van der Waals surface area (Å²) in [5.74, 6) is -1.15. The second-order valence-corrected chi connectivity index (χ2v) is 7.54. The fourth-order valence-corrected chi connectivity index (χ4v) is 3.62. The van der Waals surface area contributed by atoms with Gasteiger partial charge in [0.05, 0.1) is 22.3 Å². The summed E-state index contributed by atoms with van der Waals surface area (Å²) in [6.07, 6.45) is 1.57. The van der Waals surface area contributed by atoms with Gasteiger partial charge in [-0.15, -0.1) is 6.58 Å². The number of halogens is 3. The molecule has 0 unspecified atom stereocenters. The van der Waals surface area contributed by atoms with Crippen LogP contribution in [0.3, 0.4) is 0 Å². The molecule has 28 heavy (non-hydrogen) atoms. The number of rotatable bonds is 6. The Kier molecular flexibility index (Phi) is 6.39. The van der Waals surface area contributed by atoms with Crippen LogP contribution in [-0.4, -0.2) is 21.2 Å². The molecular formula is C19H14Cl2FN3O2S. The molecule has 0 bridgehead atoms. The van der Waals surface area contributed by atoms with Gasteiger partial charge in [-0.2, -0.15) is 0 Å². The lowest BCUT2D eigenvalue weighted by Gasteiger charge is -2.12. The Balaban J connectivity index is 1.84. The lowest BCUT2D eigenvalue weighted by Crippen LogP contribution is -2.24. The van der Waals surface area contributed by atoms with Crippen molar-refractivity contribution in [2.75, 3.05) is 11.1 Å². The number of thioether (sulfide) groups is 1. The van der Waals surface area contributed by atoms with Crippen LogP contribution in [0, 0.1) is 5.82 Å². The number of fused-ring (bicyclic) bond motifs is 1. The summed E-state index contributed by atoms with van der Waals surface area (Å²) < 4.78 is 15.2. The van der Waals surface area contributed by atoms with E-state index in [1.165, 1.54) is 16.7 Å². The molecule has 5 nitrogen and oxygen atoms in total. The van der Waals surface area contributed by atoms with Crippen molar-refractivity contribution in [2.45, 2.75) is 11.7 Å². The first-order valence-electron chi connectivity index (χ1n) is 8.07. The standard InChI is InChI=1S/C19H14Cl2FN3O2S/c1-2-7-25-18(27)13-5-3-12(21)9-16(13)24-19(25)28-10-17(26)23-15-6-4-11(20)8-14(15)22/h2-6,8-9H,1,7,10H2,(H,23,26). The number of hydrogen-bond donors (Lipinski definition) is 1. The van der Waals surface area contributed by atoms with E-state index >= 15 is 0 Å². The summed E-state index contributed by atoms with van der Waals surface area (Å²) in [6.45, 7) is 3.89. The Morgan fingerprint density at radius 1 is 1.25 bits per heavy atom. The van der Waals surface area contributed by atoms with Crippen LogP contribution >= 0.6 is 35.0 Å². The first-order chi connectivity index (χ1) is 13.4. The van der Waals surface area contributed by atoms with Gasteiger partial charge in [0, 0.05) is 16.6 Å². The summed E-state index contributed by atoms with van der Waals surface area (Å²) in [5.41, 5.74) is 0.203. The number of aromatic nitrogens is 2. The Labute approximate surface area is 174 Å². The van der Waals surface area contributed by atoms with Crippen LogP contribution in [0.25, 0.3) is 10.9 Å². The number of amides is 1. The first kappa shape index (κ1) is 20.4. The van der Waals surface area contributed by atoms with E-state index in [0.717, 1.165) is 17.8 Å². The van der Waals surface area contributed by atoms with E-state index in [1.807, 2.05) is 0 Å². The molecule has 0 atom stereocenters. The Bertz CT molecular complexity index is 1130. The summed E-state index contributed by atoms with van der Waals surface area (Å²) in [4.78, 5) is 29.4. The predicted molar refractivity (Wildman–Crippen MR) is 112 cm³/mol. The van der Waals surface area contributed by atoms with Crippen molar-refractivity contribution >= 4 is 57.5 Å². The zero-order valence-electron chi connectivity index (χ0n) is 14.4. The van der Waals surface area contributed by atoms with E-state index < -0.39 is 11.7 Å². The van der Waals surface area contributed by atoms with Gasteiger partial charge in [-0.3, -0.25) is 14.2 Å². The van der Waals surface area contributed by atoms with Crippen molar-refractivity contribution < 1.29 is 9.18 Å². The van der Waals surface area contributed by atoms with Gasteiger partial charge in [0.2, 0.25) is 5.91 Å². The molecule has 0 aliphatic heterocycles. The minimum Gasteiger partial charge on any atom is -0.323 e. The largest absolute Gasteiger partial charge is 0.323 e. The van der Waals surface area contributed by atoms with Gasteiger partial charge in [0.1, 0.15) is 5.82 Å². The lowest BCUT2D eigenvalue weighted by atomic mass is 10.2. The summed E-state index contributed by atoms with van der Waals surface area (Å²) >= 11 is 12.7. The number of hydrogen-bond acceptors (Lipinski definition) is 4. The molecule has 0 fully saturated rings. The van der Waals surface area contributed by atoms with E-state index in [9.17, 15) is 14.0 Å². The molecule has 3 aromatic rings. The Hall–Kier alpha value is -2.35. The second-order valence-electron chi connectivity index (χ2n) is 5.72. The first-order valence-corrected chi connectivity index (χ1v) is 9.82. The molecule has 144 valence electrons. The number of allylic oxidation sites excluding steroid dienone is 1. The van der Waals surface area contributed by atoms with Gasteiger partial charge in [0.25, 0.3) is 5.56 Å². The van der Waals surface area contributed by atoms with Crippen molar-refractivity contribution in [2.24, 2.45) is 0 Å². The average molecular weight is 438 g/mol. The minimum atomic E-state index is -0.632. The van der Waals surface area contributed by atoms with Crippen molar-refractivity contribution in [3.63, 3.8) is 0 Å². The lowest BCUT2D eigenvalue weighted by molar-refractivity contribution is -0.113. The monoisotopic (exact) mass is 437 g/mol. The quantitative estimate of drug-likeness (QED) is 0.343. The highest BCUT2D eigenvalue weighted by molar-refractivity contribution is 7.99. The van der Waals surface area contributed by atoms with E-state index in [4.69, 9.17) is 23.2 Å². The van der Waals surface area contributed by atoms with Gasteiger partial charge in [-0.25, -0.2) is 9.37 Å². The smallest absolute Gasteiger partial charge is 0.262 e. The molecule has 0 saturated carbocycles. The molecule has 1 amide bonds. The number of benzene rings is 2. The van der Waals surface area contributed by atoms with E-state index in [-0.39, 0.29) is 28.6 Å². The van der Waals surface area contributed by atoms with Crippen LogP contribution in [0.4, 0.5) is 10.1 Å². The summed E-state index contributed by atoms with van der Waals surface area (Å²) in [5, 5.41) is 3.91. The average Bonchev–Trinajstić information content (AvgIpc) is 2.65. The molecule has 9 heteroatoms. The predicted octanol–water partition coefficient (Wildman–Crippen LogP) is 4.76. The number of nitrogens with zero attached hydrogens (tertiary/aromatic N) is 2. The number of nitrogens with one attached hydrogen (secondary N) is 1. The summed E-state index contributed by atoms with van der Waals surface area (Å²) in [7, 11) is 0. The number of carbonyl (C=O) groups excluding carboxylic acids is 1. The highest BCUT2D eigenvalue weighted by atomic mass is 35.5. The van der Waals surface area contributed by atoms with Gasteiger partial charge < -0.3 is 5.32 Å². The summed E-state index contributed by atoms with van der Waals surface area (Å²) in [6, 6.07) is 8.78. The van der Waals surface area contributed by atoms with E-state index in [1.54, 1.807) is 24.3 Å². The van der Waals surface area contributed by atoms with Crippen LogP contribution in [0.1, 0.15) is 0 Å². The van der Waals surface area contributed by atoms with Gasteiger partial charge in [-0.1, -0.05) is 41.0 Å². The van der Waals surface area contributed by atoms with Gasteiger partial charge >= 0.3 is 0 Å². The van der Waals surface area contributed by atoms with Gasteiger partial charge in [0.15, 0.2) is 5.16 Å². The van der Waals surface area contributed by atoms with Crippen molar-refractivity contribution in [1.82, 2.24) is 9.55 Å². The molecule has 1 heterocycles. The molecule has 2 aromatic carbocycles. The third-order valence-electron chi connectivity index (χ3n) is 3.73. The third kappa shape index (κ3) is 4.55. The number of anilines is 1. The zero-order chi connectivity index (χ0) is 20.3. The molecule has 0 aliphatic rings. The maximum Gasteiger partial charge on any atom is 0.262 e. The highest BCUT2D eigenvalue weighted by Gasteiger charge is 2.14. The minimum absolute atomic E-state index is 0.0248. The van der Waals surface area contributed by atoms with Crippen molar-refractivity contribution in [3.05, 3.63) is 75.3 Å². The van der Waals surface area contributed by atoms with Crippen molar-refractivity contribution in [1.29, 1.82) is 0 Å². The second kappa shape index (κ2) is 8.77. The van der Waals surface area contributed by atoms with Gasteiger partial charge in [-0.05, 0) is 36.4 Å². The van der Waals surface area contributed by atoms with Crippen LogP contribution in [0.5, 0.6) is 0 Å². The molecule has 0 spiro atoms. The van der Waals surface area contributed by atoms with Crippen LogP contribution < -0.4 is 10.9 Å². The maximum absolute atomic E-state index is 13.8. The van der Waals surface area contributed by atoms with E-state index in [0.29, 0.717) is 21.1 Å². The molecular weight excluding hydrogens is 424 g/mol. The topological polar surface area (TPSA) is 64.0 Å². The van der Waals surface area contributed by atoms with E-state index in [2.05, 4.69) is 16.9 Å². The molecule has 3 rings (SSSR count). The fraction of sp³-hybridized carbons (Fsp3) is 0.105. The number of carbonyl (C=O) groups is 1. The Morgan fingerprint density at radius 3 is 2.68 bits per heavy atom.